The molecule has 0 unspecified atom stereocenters. The maximum absolute atomic E-state index is 14.7. The molecule has 0 saturated heterocycles. The van der Waals surface area contributed by atoms with Crippen molar-refractivity contribution in [1.82, 2.24) is 4.57 Å². The van der Waals surface area contributed by atoms with Crippen molar-refractivity contribution in [3.05, 3.63) is 160 Å². The summed E-state index contributed by atoms with van der Waals surface area (Å²) in [6, 6.07) is 49.0. The monoisotopic (exact) mass is 575 g/mol. The number of aromatic nitrogens is 1. The van der Waals surface area contributed by atoms with E-state index in [0.29, 0.717) is 5.39 Å². The van der Waals surface area contributed by atoms with Crippen LogP contribution in [0.1, 0.15) is 13.3 Å². The van der Waals surface area contributed by atoms with Gasteiger partial charge in [-0.3, -0.25) is 9.36 Å². The van der Waals surface area contributed by atoms with Crippen LogP contribution in [0.25, 0.3) is 82.8 Å². The van der Waals surface area contributed by atoms with E-state index in [-0.39, 0.29) is 5.56 Å². The lowest BCUT2D eigenvalue weighted by Crippen LogP contribution is -2.22. The van der Waals surface area contributed by atoms with Crippen LogP contribution < -0.4 is 16.0 Å². The van der Waals surface area contributed by atoms with Gasteiger partial charge in [0.05, 0.1) is 11.2 Å². The maximum atomic E-state index is 14.7. The van der Waals surface area contributed by atoms with Crippen LogP contribution in [0.5, 0.6) is 0 Å². The Kier molecular flexibility index (Phi) is 5.66. The van der Waals surface area contributed by atoms with Gasteiger partial charge < -0.3 is 0 Å². The van der Waals surface area contributed by atoms with Crippen molar-refractivity contribution < 1.29 is 0 Å². The van der Waals surface area contributed by atoms with Crippen molar-refractivity contribution in [3.8, 4) is 27.9 Å². The first-order chi connectivity index (χ1) is 22.2. The number of nitrogens with zero attached hydrogens (tertiary/aromatic N) is 1. The third kappa shape index (κ3) is 3.86. The molecular weight excluding hydrogens is 546 g/mol. The van der Waals surface area contributed by atoms with Crippen LogP contribution in [0.4, 0.5) is 0 Å². The molecule has 2 nitrogen and oxygen atoms in total. The van der Waals surface area contributed by atoms with E-state index >= 15 is 0 Å². The summed E-state index contributed by atoms with van der Waals surface area (Å²) in [6.07, 6.45) is 3.33. The first-order valence-corrected chi connectivity index (χ1v) is 15.5. The molecule has 0 aliphatic heterocycles. The molecule has 1 aromatic heterocycles. The summed E-state index contributed by atoms with van der Waals surface area (Å²) in [5.41, 5.74) is 7.92. The van der Waals surface area contributed by atoms with E-state index in [9.17, 15) is 4.79 Å². The largest absolute Gasteiger partial charge is 0.275 e. The molecule has 0 fully saturated rings. The fourth-order valence-corrected chi connectivity index (χ4v) is 7.42. The highest BCUT2D eigenvalue weighted by molar-refractivity contribution is 6.19. The lowest BCUT2D eigenvalue weighted by atomic mass is 9.89. The van der Waals surface area contributed by atoms with Gasteiger partial charge in [-0.2, -0.15) is 0 Å². The van der Waals surface area contributed by atoms with Crippen molar-refractivity contribution >= 4 is 54.9 Å². The molecule has 7 aromatic carbocycles. The molecule has 0 atom stereocenters. The molecular formula is C43H29NO. The highest BCUT2D eigenvalue weighted by Gasteiger charge is 2.21. The van der Waals surface area contributed by atoms with E-state index in [2.05, 4.69) is 128 Å². The van der Waals surface area contributed by atoms with Crippen molar-refractivity contribution in [3.63, 3.8) is 0 Å². The molecule has 45 heavy (non-hydrogen) atoms. The molecule has 1 heterocycles. The van der Waals surface area contributed by atoms with Gasteiger partial charge in [0.25, 0.3) is 5.56 Å². The smallest absolute Gasteiger partial charge is 0.263 e. The lowest BCUT2D eigenvalue weighted by molar-refractivity contribution is 1.08. The molecule has 1 aliphatic carbocycles. The molecule has 1 aliphatic rings. The average Bonchev–Trinajstić information content (AvgIpc) is 3.47. The van der Waals surface area contributed by atoms with Crippen LogP contribution in [0.15, 0.2) is 144 Å². The van der Waals surface area contributed by atoms with Crippen LogP contribution in [-0.4, -0.2) is 4.57 Å². The third-order valence-corrected chi connectivity index (χ3v) is 9.55. The molecule has 212 valence electrons. The summed E-state index contributed by atoms with van der Waals surface area (Å²) in [7, 11) is 0. The summed E-state index contributed by atoms with van der Waals surface area (Å²) in [6.45, 7) is 2.22. The Morgan fingerprint density at radius 2 is 1.11 bits per heavy atom. The second kappa shape index (κ2) is 9.90. The fraction of sp³-hybridized carbons (Fsp3) is 0.0465. The minimum atomic E-state index is -0.00763. The van der Waals surface area contributed by atoms with Gasteiger partial charge in [-0.15, -0.1) is 0 Å². The van der Waals surface area contributed by atoms with Gasteiger partial charge in [-0.05, 0) is 86.5 Å². The molecule has 9 rings (SSSR count). The summed E-state index contributed by atoms with van der Waals surface area (Å²) in [5, 5.41) is 9.78. The Labute approximate surface area is 260 Å². The Hall–Kier alpha value is -5.73. The number of hydrogen-bond donors (Lipinski definition) is 0. The SMILES string of the molecule is CC1=c2ccc(-c3c4ccccc4c(-n4c(=O)c5ccccc5c5cc(-c6ccccc6)ccc54)c4ccccc34)cc2=CC1. The standard InChI is InChI=1S/C43H29NO/c1-27-19-20-30-25-31(21-23-32(27)30)41-34-14-6-8-16-36(34)42(37-17-9-7-15-35(37)41)44-40-24-22-29(28-11-3-2-4-12-28)26-39(40)33-13-5-10-18-38(33)43(44)45/h2-18,20-26H,19H2,1H3. The van der Waals surface area contributed by atoms with Crippen LogP contribution in [0.3, 0.4) is 0 Å². The highest BCUT2D eigenvalue weighted by atomic mass is 16.1. The van der Waals surface area contributed by atoms with Crippen LogP contribution in [0.2, 0.25) is 0 Å². The topological polar surface area (TPSA) is 22.0 Å². The zero-order valence-electron chi connectivity index (χ0n) is 24.9. The zero-order chi connectivity index (χ0) is 30.1. The van der Waals surface area contributed by atoms with Gasteiger partial charge >= 0.3 is 0 Å². The molecule has 2 heteroatoms. The summed E-state index contributed by atoms with van der Waals surface area (Å²) in [5.74, 6) is 0. The molecule has 0 spiro atoms. The first-order valence-electron chi connectivity index (χ1n) is 15.5. The predicted molar refractivity (Wildman–Crippen MR) is 190 cm³/mol. The number of benzene rings is 7. The number of rotatable bonds is 3. The number of fused-ring (bicyclic) bond motifs is 6. The molecule has 0 N–H and O–H groups in total. The van der Waals surface area contributed by atoms with Gasteiger partial charge in [0, 0.05) is 21.5 Å². The van der Waals surface area contributed by atoms with Gasteiger partial charge in [0.1, 0.15) is 0 Å². The normalized spacial score (nSPS) is 12.7. The van der Waals surface area contributed by atoms with E-state index in [1.807, 2.05) is 28.8 Å². The Balaban J connectivity index is 1.44. The van der Waals surface area contributed by atoms with Crippen LogP contribution in [-0.2, 0) is 0 Å². The molecule has 0 saturated carbocycles. The van der Waals surface area contributed by atoms with Crippen LogP contribution in [0, 0.1) is 0 Å². The predicted octanol–water partition coefficient (Wildman–Crippen LogP) is 9.14. The Morgan fingerprint density at radius 1 is 0.511 bits per heavy atom. The summed E-state index contributed by atoms with van der Waals surface area (Å²) >= 11 is 0. The zero-order valence-corrected chi connectivity index (χ0v) is 24.9. The quantitative estimate of drug-likeness (QED) is 0.152. The lowest BCUT2D eigenvalue weighted by Gasteiger charge is -2.21. The minimum absolute atomic E-state index is 0.00763. The van der Waals surface area contributed by atoms with Crippen molar-refractivity contribution in [1.29, 1.82) is 0 Å². The second-order valence-corrected chi connectivity index (χ2v) is 12.1. The fourth-order valence-electron chi connectivity index (χ4n) is 7.42. The molecule has 0 bridgehead atoms. The summed E-state index contributed by atoms with van der Waals surface area (Å²) < 4.78 is 1.97. The van der Waals surface area contributed by atoms with E-state index in [4.69, 9.17) is 0 Å². The maximum Gasteiger partial charge on any atom is 0.263 e. The number of hydrogen-bond acceptors (Lipinski definition) is 1. The molecule has 8 aromatic rings. The Bertz CT molecular complexity index is 2640. The van der Waals surface area contributed by atoms with E-state index in [1.165, 1.54) is 27.1 Å². The average molecular weight is 576 g/mol. The summed E-state index contributed by atoms with van der Waals surface area (Å²) in [4.78, 5) is 14.7. The molecule has 0 amide bonds. The first kappa shape index (κ1) is 25.7. The van der Waals surface area contributed by atoms with Crippen molar-refractivity contribution in [2.45, 2.75) is 13.3 Å². The van der Waals surface area contributed by atoms with E-state index in [0.717, 1.165) is 61.1 Å². The minimum Gasteiger partial charge on any atom is -0.275 e. The van der Waals surface area contributed by atoms with Gasteiger partial charge in [-0.1, -0.05) is 127 Å². The second-order valence-electron chi connectivity index (χ2n) is 12.1. The van der Waals surface area contributed by atoms with Gasteiger partial charge in [0.15, 0.2) is 0 Å². The van der Waals surface area contributed by atoms with Crippen molar-refractivity contribution in [2.24, 2.45) is 0 Å². The Morgan fingerprint density at radius 3 is 1.82 bits per heavy atom. The van der Waals surface area contributed by atoms with E-state index in [1.54, 1.807) is 0 Å². The third-order valence-electron chi connectivity index (χ3n) is 9.55. The van der Waals surface area contributed by atoms with Crippen LogP contribution >= 0.6 is 0 Å². The van der Waals surface area contributed by atoms with Crippen molar-refractivity contribution in [2.75, 3.05) is 0 Å². The van der Waals surface area contributed by atoms with Gasteiger partial charge in [0.2, 0.25) is 0 Å². The van der Waals surface area contributed by atoms with Gasteiger partial charge in [-0.25, -0.2) is 0 Å². The highest BCUT2D eigenvalue weighted by Crippen LogP contribution is 2.41. The molecule has 0 radical (unpaired) electrons. The number of pyridine rings is 1. The van der Waals surface area contributed by atoms with E-state index < -0.39 is 0 Å².